The lowest BCUT2D eigenvalue weighted by Gasteiger charge is -2.30. The van der Waals surface area contributed by atoms with E-state index in [4.69, 9.17) is 4.98 Å². The van der Waals surface area contributed by atoms with Crippen LogP contribution in [-0.2, 0) is 5.54 Å². The SMILES string of the molecule is CC(C)CCC(C)(NC1CC1)c1nc(C(C)C)cs1. The Bertz CT molecular complexity index is 407. The first-order chi connectivity index (χ1) is 8.90. The maximum absolute atomic E-state index is 4.90. The molecule has 19 heavy (non-hydrogen) atoms. The fourth-order valence-corrected chi connectivity index (χ4v) is 3.44. The van der Waals surface area contributed by atoms with E-state index in [1.165, 1.54) is 36.4 Å². The van der Waals surface area contributed by atoms with Crippen molar-refractivity contribution < 1.29 is 0 Å². The predicted octanol–water partition coefficient (Wildman–Crippen LogP) is 4.67. The Morgan fingerprint density at radius 3 is 2.53 bits per heavy atom. The van der Waals surface area contributed by atoms with Gasteiger partial charge >= 0.3 is 0 Å². The third-order valence-corrected chi connectivity index (χ3v) is 5.03. The van der Waals surface area contributed by atoms with E-state index in [1.54, 1.807) is 0 Å². The number of nitrogens with zero attached hydrogens (tertiary/aromatic N) is 1. The summed E-state index contributed by atoms with van der Waals surface area (Å²) in [4.78, 5) is 4.90. The van der Waals surface area contributed by atoms with Crippen LogP contribution >= 0.6 is 11.3 Å². The Morgan fingerprint density at radius 1 is 1.37 bits per heavy atom. The molecule has 0 aliphatic heterocycles. The van der Waals surface area contributed by atoms with Crippen molar-refractivity contribution in [2.75, 3.05) is 0 Å². The largest absolute Gasteiger partial charge is 0.303 e. The van der Waals surface area contributed by atoms with Gasteiger partial charge in [0, 0.05) is 11.4 Å². The molecule has 0 saturated heterocycles. The van der Waals surface area contributed by atoms with Gasteiger partial charge in [-0.3, -0.25) is 0 Å². The second kappa shape index (κ2) is 5.92. The van der Waals surface area contributed by atoms with Gasteiger partial charge in [0.25, 0.3) is 0 Å². The topological polar surface area (TPSA) is 24.9 Å². The fourth-order valence-electron chi connectivity index (χ4n) is 2.30. The predicted molar refractivity (Wildman–Crippen MR) is 83.8 cm³/mol. The molecule has 2 rings (SSSR count). The maximum Gasteiger partial charge on any atom is 0.113 e. The van der Waals surface area contributed by atoms with E-state index in [0.29, 0.717) is 5.92 Å². The van der Waals surface area contributed by atoms with E-state index in [-0.39, 0.29) is 5.54 Å². The molecule has 1 N–H and O–H groups in total. The minimum absolute atomic E-state index is 0.0727. The molecule has 1 atom stereocenters. The summed E-state index contributed by atoms with van der Waals surface area (Å²) in [5.41, 5.74) is 1.32. The fraction of sp³-hybridized carbons (Fsp3) is 0.812. The van der Waals surface area contributed by atoms with Crippen LogP contribution in [0.25, 0.3) is 0 Å². The molecule has 0 amide bonds. The van der Waals surface area contributed by atoms with Crippen molar-refractivity contribution in [3.05, 3.63) is 16.1 Å². The van der Waals surface area contributed by atoms with Gasteiger partial charge in [0.05, 0.1) is 11.2 Å². The van der Waals surface area contributed by atoms with Crippen LogP contribution < -0.4 is 5.32 Å². The molecule has 3 heteroatoms. The van der Waals surface area contributed by atoms with Crippen molar-refractivity contribution in [1.82, 2.24) is 10.3 Å². The molecule has 108 valence electrons. The van der Waals surface area contributed by atoms with Crippen molar-refractivity contribution in [2.45, 2.75) is 77.8 Å². The smallest absolute Gasteiger partial charge is 0.113 e. The first-order valence-corrected chi connectivity index (χ1v) is 8.52. The zero-order valence-electron chi connectivity index (χ0n) is 13.0. The van der Waals surface area contributed by atoms with Gasteiger partial charge in [-0.2, -0.15) is 0 Å². The number of nitrogens with one attached hydrogen (secondary N) is 1. The average Bonchev–Trinajstić information content (AvgIpc) is 2.97. The Morgan fingerprint density at radius 2 is 2.05 bits per heavy atom. The molecule has 1 saturated carbocycles. The molecule has 0 spiro atoms. The molecular weight excluding hydrogens is 252 g/mol. The number of hydrogen-bond acceptors (Lipinski definition) is 3. The zero-order chi connectivity index (χ0) is 14.0. The van der Waals surface area contributed by atoms with E-state index in [9.17, 15) is 0 Å². The lowest BCUT2D eigenvalue weighted by atomic mass is 9.92. The van der Waals surface area contributed by atoms with E-state index < -0.39 is 0 Å². The summed E-state index contributed by atoms with van der Waals surface area (Å²) in [5, 5.41) is 7.36. The Balaban J connectivity index is 2.14. The Kier molecular flexibility index (Phi) is 4.67. The van der Waals surface area contributed by atoms with Crippen molar-refractivity contribution in [1.29, 1.82) is 0 Å². The molecule has 1 heterocycles. The van der Waals surface area contributed by atoms with Crippen LogP contribution in [0.5, 0.6) is 0 Å². The van der Waals surface area contributed by atoms with Crippen LogP contribution in [0.2, 0.25) is 0 Å². The summed E-state index contributed by atoms with van der Waals surface area (Å²) in [5.74, 6) is 1.28. The van der Waals surface area contributed by atoms with Gasteiger partial charge in [0.15, 0.2) is 0 Å². The molecule has 2 nitrogen and oxygen atoms in total. The van der Waals surface area contributed by atoms with E-state index in [0.717, 1.165) is 12.0 Å². The highest BCUT2D eigenvalue weighted by atomic mass is 32.1. The Labute approximate surface area is 122 Å². The summed E-state index contributed by atoms with van der Waals surface area (Å²) in [6, 6.07) is 0.726. The van der Waals surface area contributed by atoms with Crippen LogP contribution in [0.15, 0.2) is 5.38 Å². The van der Waals surface area contributed by atoms with Crippen LogP contribution in [0.1, 0.15) is 76.9 Å². The molecule has 0 aromatic carbocycles. The van der Waals surface area contributed by atoms with Gasteiger partial charge in [0.1, 0.15) is 5.01 Å². The minimum atomic E-state index is 0.0727. The molecule has 1 aliphatic carbocycles. The number of thiazole rings is 1. The summed E-state index contributed by atoms with van der Waals surface area (Å²) < 4.78 is 0. The van der Waals surface area contributed by atoms with Gasteiger partial charge in [-0.1, -0.05) is 27.7 Å². The van der Waals surface area contributed by atoms with E-state index >= 15 is 0 Å². The Hall–Kier alpha value is -0.410. The summed E-state index contributed by atoms with van der Waals surface area (Å²) >= 11 is 1.83. The molecule has 1 unspecified atom stereocenters. The van der Waals surface area contributed by atoms with Gasteiger partial charge in [-0.25, -0.2) is 4.98 Å². The minimum Gasteiger partial charge on any atom is -0.303 e. The third kappa shape index (κ3) is 4.03. The van der Waals surface area contributed by atoms with Crippen LogP contribution in [-0.4, -0.2) is 11.0 Å². The molecule has 0 bridgehead atoms. The van der Waals surface area contributed by atoms with Crippen molar-refractivity contribution in [2.24, 2.45) is 5.92 Å². The lowest BCUT2D eigenvalue weighted by molar-refractivity contribution is 0.307. The van der Waals surface area contributed by atoms with Crippen molar-refractivity contribution in [3.63, 3.8) is 0 Å². The molecule has 1 aromatic rings. The number of aromatic nitrogens is 1. The monoisotopic (exact) mass is 280 g/mol. The summed E-state index contributed by atoms with van der Waals surface area (Å²) in [6.45, 7) is 11.4. The summed E-state index contributed by atoms with van der Waals surface area (Å²) in [7, 11) is 0. The van der Waals surface area contributed by atoms with Crippen molar-refractivity contribution in [3.8, 4) is 0 Å². The van der Waals surface area contributed by atoms with E-state index in [2.05, 4.69) is 45.3 Å². The standard InChI is InChI=1S/C16H28N2S/c1-11(2)8-9-16(5,18-13-6-7-13)15-17-14(10-19-15)12(3)4/h10-13,18H,6-9H2,1-5H3. The van der Waals surface area contributed by atoms with Gasteiger partial charge in [-0.05, 0) is 44.4 Å². The highest BCUT2D eigenvalue weighted by Gasteiger charge is 2.35. The molecule has 0 radical (unpaired) electrons. The highest BCUT2D eigenvalue weighted by Crippen LogP contribution is 2.35. The third-order valence-electron chi connectivity index (χ3n) is 3.91. The van der Waals surface area contributed by atoms with Crippen LogP contribution in [0.4, 0.5) is 0 Å². The van der Waals surface area contributed by atoms with Gasteiger partial charge in [-0.15, -0.1) is 11.3 Å². The van der Waals surface area contributed by atoms with Crippen LogP contribution in [0.3, 0.4) is 0 Å². The second-order valence-corrected chi connectivity index (χ2v) is 7.77. The average molecular weight is 280 g/mol. The molecule has 1 fully saturated rings. The second-order valence-electron chi connectivity index (χ2n) is 6.92. The first kappa shape index (κ1) is 15.0. The van der Waals surface area contributed by atoms with E-state index in [1.807, 2.05) is 11.3 Å². The normalized spacial score (nSPS) is 19.1. The van der Waals surface area contributed by atoms with Crippen LogP contribution in [0, 0.1) is 5.92 Å². The quantitative estimate of drug-likeness (QED) is 0.785. The van der Waals surface area contributed by atoms with Gasteiger partial charge in [0.2, 0.25) is 0 Å². The summed E-state index contributed by atoms with van der Waals surface area (Å²) in [6.07, 6.45) is 5.11. The number of hydrogen-bond donors (Lipinski definition) is 1. The lowest BCUT2D eigenvalue weighted by Crippen LogP contribution is -2.41. The molecular formula is C16H28N2S. The number of rotatable bonds is 7. The van der Waals surface area contributed by atoms with Gasteiger partial charge < -0.3 is 5.32 Å². The molecule has 1 aliphatic rings. The maximum atomic E-state index is 4.90. The van der Waals surface area contributed by atoms with Crippen molar-refractivity contribution >= 4 is 11.3 Å². The first-order valence-electron chi connectivity index (χ1n) is 7.64. The zero-order valence-corrected chi connectivity index (χ0v) is 13.8. The molecule has 1 aromatic heterocycles. The highest BCUT2D eigenvalue weighted by molar-refractivity contribution is 7.09.